The van der Waals surface area contributed by atoms with E-state index in [1.807, 2.05) is 30.3 Å². The number of rotatable bonds is 5. The Labute approximate surface area is 159 Å². The third kappa shape index (κ3) is 4.70. The van der Waals surface area contributed by atoms with Crippen LogP contribution in [0.4, 0.5) is 23.1 Å². The van der Waals surface area contributed by atoms with E-state index >= 15 is 0 Å². The molecular weight excluding hydrogens is 336 g/mol. The van der Waals surface area contributed by atoms with Crippen molar-refractivity contribution >= 4 is 28.9 Å². The highest BCUT2D eigenvalue weighted by Gasteiger charge is 2.17. The molecule has 5 heteroatoms. The van der Waals surface area contributed by atoms with Crippen molar-refractivity contribution in [3.8, 4) is 0 Å². The lowest BCUT2D eigenvalue weighted by Gasteiger charge is -2.23. The molecule has 138 valence electrons. The van der Waals surface area contributed by atoms with Gasteiger partial charge in [-0.1, -0.05) is 39.0 Å². The summed E-state index contributed by atoms with van der Waals surface area (Å²) in [6.45, 7) is 8.09. The smallest absolute Gasteiger partial charge is 0.229 e. The minimum Gasteiger partial charge on any atom is -0.340 e. The SMILES string of the molecule is CC(=O)c1ccc(Nc2ccnc(Nc3ccccc3C(C)(C)C)n2)cc1. The van der Waals surface area contributed by atoms with Crippen molar-refractivity contribution in [1.29, 1.82) is 0 Å². The van der Waals surface area contributed by atoms with Crippen molar-refractivity contribution in [3.63, 3.8) is 0 Å². The fraction of sp³-hybridized carbons (Fsp3) is 0.227. The molecule has 0 aliphatic heterocycles. The third-order valence-electron chi connectivity index (χ3n) is 4.20. The van der Waals surface area contributed by atoms with E-state index < -0.39 is 0 Å². The lowest BCUT2D eigenvalue weighted by atomic mass is 9.86. The molecule has 0 unspecified atom stereocenters. The van der Waals surface area contributed by atoms with E-state index in [2.05, 4.69) is 47.4 Å². The lowest BCUT2D eigenvalue weighted by molar-refractivity contribution is 0.101. The quantitative estimate of drug-likeness (QED) is 0.591. The summed E-state index contributed by atoms with van der Waals surface area (Å²) < 4.78 is 0. The predicted molar refractivity (Wildman–Crippen MR) is 110 cm³/mol. The monoisotopic (exact) mass is 360 g/mol. The van der Waals surface area contributed by atoms with Crippen LogP contribution in [-0.4, -0.2) is 15.8 Å². The van der Waals surface area contributed by atoms with Crippen molar-refractivity contribution in [1.82, 2.24) is 9.97 Å². The number of hydrogen-bond acceptors (Lipinski definition) is 5. The van der Waals surface area contributed by atoms with Crippen molar-refractivity contribution in [2.45, 2.75) is 33.1 Å². The van der Waals surface area contributed by atoms with Gasteiger partial charge in [0.05, 0.1) is 0 Å². The second-order valence-electron chi connectivity index (χ2n) is 7.44. The molecule has 1 aromatic heterocycles. The van der Waals surface area contributed by atoms with E-state index in [0.29, 0.717) is 17.3 Å². The van der Waals surface area contributed by atoms with Crippen LogP contribution in [0.2, 0.25) is 0 Å². The second-order valence-corrected chi connectivity index (χ2v) is 7.44. The Morgan fingerprint density at radius 3 is 2.30 bits per heavy atom. The maximum atomic E-state index is 11.4. The molecule has 0 aliphatic carbocycles. The molecule has 2 aromatic carbocycles. The van der Waals surface area contributed by atoms with Gasteiger partial charge in [0, 0.05) is 23.1 Å². The summed E-state index contributed by atoms with van der Waals surface area (Å²) in [4.78, 5) is 20.3. The average molecular weight is 360 g/mol. The van der Waals surface area contributed by atoms with Gasteiger partial charge in [0.25, 0.3) is 0 Å². The summed E-state index contributed by atoms with van der Waals surface area (Å²) in [6.07, 6.45) is 1.71. The standard InChI is InChI=1S/C22H24N4O/c1-15(27)16-9-11-17(12-10-16)24-20-13-14-23-21(26-20)25-19-8-6-5-7-18(19)22(2,3)4/h5-14H,1-4H3,(H2,23,24,25,26). The average Bonchev–Trinajstić information content (AvgIpc) is 2.62. The summed E-state index contributed by atoms with van der Waals surface area (Å²) in [5, 5.41) is 6.56. The van der Waals surface area contributed by atoms with E-state index in [4.69, 9.17) is 0 Å². The molecule has 0 radical (unpaired) electrons. The maximum Gasteiger partial charge on any atom is 0.229 e. The molecule has 0 spiro atoms. The number of nitrogens with zero attached hydrogens (tertiary/aromatic N) is 2. The number of carbonyl (C=O) groups excluding carboxylic acids is 1. The first-order chi connectivity index (χ1) is 12.8. The van der Waals surface area contributed by atoms with E-state index in [1.54, 1.807) is 31.3 Å². The molecule has 0 saturated heterocycles. The molecular formula is C22H24N4O. The lowest BCUT2D eigenvalue weighted by Crippen LogP contribution is -2.14. The van der Waals surface area contributed by atoms with Gasteiger partial charge in [-0.05, 0) is 54.3 Å². The van der Waals surface area contributed by atoms with Crippen LogP contribution in [0.25, 0.3) is 0 Å². The third-order valence-corrected chi connectivity index (χ3v) is 4.20. The summed E-state index contributed by atoms with van der Waals surface area (Å²) >= 11 is 0. The topological polar surface area (TPSA) is 66.9 Å². The molecule has 27 heavy (non-hydrogen) atoms. The molecule has 0 saturated carbocycles. The number of ketones is 1. The van der Waals surface area contributed by atoms with E-state index in [9.17, 15) is 4.79 Å². The minimum absolute atomic E-state index is 0.0118. The predicted octanol–water partition coefficient (Wildman–Crippen LogP) is 5.46. The van der Waals surface area contributed by atoms with Crippen LogP contribution in [0.15, 0.2) is 60.8 Å². The van der Waals surface area contributed by atoms with Gasteiger partial charge >= 0.3 is 0 Å². The van der Waals surface area contributed by atoms with Crippen LogP contribution < -0.4 is 10.6 Å². The van der Waals surface area contributed by atoms with Gasteiger partial charge in [0.1, 0.15) is 5.82 Å². The van der Waals surface area contributed by atoms with Gasteiger partial charge in [-0.25, -0.2) is 4.98 Å². The van der Waals surface area contributed by atoms with Crippen molar-refractivity contribution in [3.05, 3.63) is 71.9 Å². The molecule has 0 atom stereocenters. The van der Waals surface area contributed by atoms with Crippen LogP contribution in [0.5, 0.6) is 0 Å². The summed E-state index contributed by atoms with van der Waals surface area (Å²) in [6, 6.07) is 17.3. The number of hydrogen-bond donors (Lipinski definition) is 2. The van der Waals surface area contributed by atoms with Crippen LogP contribution >= 0.6 is 0 Å². The Bertz CT molecular complexity index is 943. The molecule has 2 N–H and O–H groups in total. The Morgan fingerprint density at radius 2 is 1.63 bits per heavy atom. The van der Waals surface area contributed by atoms with Gasteiger partial charge in [-0.3, -0.25) is 4.79 Å². The number of carbonyl (C=O) groups is 1. The van der Waals surface area contributed by atoms with E-state index in [1.165, 1.54) is 5.56 Å². The number of para-hydroxylation sites is 1. The van der Waals surface area contributed by atoms with Crippen LogP contribution in [-0.2, 0) is 5.41 Å². The van der Waals surface area contributed by atoms with Gasteiger partial charge in [-0.15, -0.1) is 0 Å². The fourth-order valence-electron chi connectivity index (χ4n) is 2.79. The largest absolute Gasteiger partial charge is 0.340 e. The maximum absolute atomic E-state index is 11.4. The molecule has 0 aliphatic rings. The molecule has 0 amide bonds. The van der Waals surface area contributed by atoms with E-state index in [0.717, 1.165) is 11.4 Å². The number of Topliss-reactive ketones (excluding diaryl/α,β-unsaturated/α-hetero) is 1. The van der Waals surface area contributed by atoms with Crippen LogP contribution in [0.3, 0.4) is 0 Å². The summed E-state index contributed by atoms with van der Waals surface area (Å²) in [5.41, 5.74) is 3.75. The highest BCUT2D eigenvalue weighted by atomic mass is 16.1. The number of benzene rings is 2. The van der Waals surface area contributed by atoms with Crippen LogP contribution in [0.1, 0.15) is 43.6 Å². The first-order valence-electron chi connectivity index (χ1n) is 8.90. The molecule has 5 nitrogen and oxygen atoms in total. The molecule has 3 aromatic rings. The van der Waals surface area contributed by atoms with Gasteiger partial charge in [0.2, 0.25) is 5.95 Å². The molecule has 0 bridgehead atoms. The van der Waals surface area contributed by atoms with Crippen molar-refractivity contribution in [2.75, 3.05) is 10.6 Å². The first-order valence-corrected chi connectivity index (χ1v) is 8.90. The van der Waals surface area contributed by atoms with Crippen LogP contribution in [0, 0.1) is 0 Å². The normalized spacial score (nSPS) is 11.1. The number of aromatic nitrogens is 2. The second kappa shape index (κ2) is 7.58. The summed E-state index contributed by atoms with van der Waals surface area (Å²) in [5.74, 6) is 1.25. The molecule has 3 rings (SSSR count). The van der Waals surface area contributed by atoms with E-state index in [-0.39, 0.29) is 11.2 Å². The zero-order valence-electron chi connectivity index (χ0n) is 16.1. The highest BCUT2D eigenvalue weighted by Crippen LogP contribution is 2.30. The Hall–Kier alpha value is -3.21. The first kappa shape index (κ1) is 18.6. The summed E-state index contributed by atoms with van der Waals surface area (Å²) in [7, 11) is 0. The Balaban J connectivity index is 1.79. The zero-order chi connectivity index (χ0) is 19.4. The molecule has 1 heterocycles. The van der Waals surface area contributed by atoms with Crippen molar-refractivity contribution < 1.29 is 4.79 Å². The Morgan fingerprint density at radius 1 is 0.926 bits per heavy atom. The van der Waals surface area contributed by atoms with Crippen molar-refractivity contribution in [2.24, 2.45) is 0 Å². The number of anilines is 4. The van der Waals surface area contributed by atoms with Gasteiger partial charge < -0.3 is 10.6 Å². The van der Waals surface area contributed by atoms with Gasteiger partial charge in [-0.2, -0.15) is 4.98 Å². The highest BCUT2D eigenvalue weighted by molar-refractivity contribution is 5.94. The zero-order valence-corrected chi connectivity index (χ0v) is 16.1. The molecule has 0 fully saturated rings. The fourth-order valence-corrected chi connectivity index (χ4v) is 2.79. The Kier molecular flexibility index (Phi) is 5.21. The minimum atomic E-state index is 0.0118. The number of nitrogens with one attached hydrogen (secondary N) is 2. The van der Waals surface area contributed by atoms with Gasteiger partial charge in [0.15, 0.2) is 5.78 Å².